The minimum absolute atomic E-state index is 0.164. The molecule has 2 aromatic rings. The van der Waals surface area contributed by atoms with Gasteiger partial charge in [0, 0.05) is 0 Å². The molecule has 24 heavy (non-hydrogen) atoms. The van der Waals surface area contributed by atoms with E-state index in [0.717, 1.165) is 11.3 Å². The molecule has 2 rings (SSSR count). The molecule has 0 saturated heterocycles. The first-order chi connectivity index (χ1) is 11.2. The van der Waals surface area contributed by atoms with Crippen molar-refractivity contribution in [2.24, 2.45) is 0 Å². The molecule has 0 amide bonds. The molecular weight excluding hydrogens is 316 g/mol. The Balaban J connectivity index is 1.94. The van der Waals surface area contributed by atoms with E-state index in [1.807, 2.05) is 42.5 Å². The second-order valence-electron chi connectivity index (χ2n) is 7.45. The van der Waals surface area contributed by atoms with Crippen LogP contribution in [0.3, 0.4) is 0 Å². The van der Waals surface area contributed by atoms with E-state index in [9.17, 15) is 4.79 Å². The molecular formula is C20H26O3Si. The Morgan fingerprint density at radius 2 is 1.54 bits per heavy atom. The van der Waals surface area contributed by atoms with E-state index in [2.05, 4.69) is 33.9 Å². The van der Waals surface area contributed by atoms with Gasteiger partial charge in [-0.25, -0.2) is 4.79 Å². The van der Waals surface area contributed by atoms with Crippen LogP contribution in [0, 0.1) is 0 Å². The van der Waals surface area contributed by atoms with Crippen LogP contribution < -0.4 is 4.43 Å². The van der Waals surface area contributed by atoms with Crippen LogP contribution in [0.1, 0.15) is 36.7 Å². The second kappa shape index (κ2) is 7.22. The first-order valence-corrected chi connectivity index (χ1v) is 11.1. The Morgan fingerprint density at radius 1 is 0.958 bits per heavy atom. The summed E-state index contributed by atoms with van der Waals surface area (Å²) >= 11 is 0. The maximum absolute atomic E-state index is 11.9. The van der Waals surface area contributed by atoms with Crippen LogP contribution in [0.5, 0.6) is 5.75 Å². The molecule has 0 unspecified atom stereocenters. The van der Waals surface area contributed by atoms with Gasteiger partial charge in [-0.2, -0.15) is 0 Å². The van der Waals surface area contributed by atoms with Crippen LogP contribution in [0.25, 0.3) is 0 Å². The van der Waals surface area contributed by atoms with Crippen LogP contribution in [0.2, 0.25) is 18.1 Å². The standard InChI is InChI=1S/C20H26O3Si/c1-20(2,3)24(4,5)23-18-13-11-16(12-14-18)15-22-19(21)17-9-7-6-8-10-17/h6-14H,15H2,1-5H3. The van der Waals surface area contributed by atoms with E-state index >= 15 is 0 Å². The van der Waals surface area contributed by atoms with E-state index in [0.29, 0.717) is 5.56 Å². The van der Waals surface area contributed by atoms with Crippen LogP contribution in [0.4, 0.5) is 0 Å². The lowest BCUT2D eigenvalue weighted by molar-refractivity contribution is 0.0472. The second-order valence-corrected chi connectivity index (χ2v) is 12.2. The molecule has 0 bridgehead atoms. The molecule has 0 heterocycles. The summed E-state index contributed by atoms with van der Waals surface area (Å²) in [5, 5.41) is 0.164. The van der Waals surface area contributed by atoms with Crippen molar-refractivity contribution < 1.29 is 14.0 Å². The van der Waals surface area contributed by atoms with E-state index in [1.165, 1.54) is 0 Å². The third kappa shape index (κ3) is 4.71. The van der Waals surface area contributed by atoms with Crippen molar-refractivity contribution in [2.75, 3.05) is 0 Å². The van der Waals surface area contributed by atoms with Gasteiger partial charge in [-0.15, -0.1) is 0 Å². The van der Waals surface area contributed by atoms with Gasteiger partial charge in [-0.1, -0.05) is 51.1 Å². The monoisotopic (exact) mass is 342 g/mol. The molecule has 4 heteroatoms. The molecule has 0 aliphatic heterocycles. The lowest BCUT2D eigenvalue weighted by Crippen LogP contribution is -2.43. The molecule has 0 N–H and O–H groups in total. The summed E-state index contributed by atoms with van der Waals surface area (Å²) in [6, 6.07) is 16.8. The fraction of sp³-hybridized carbons (Fsp3) is 0.350. The van der Waals surface area contributed by atoms with Gasteiger partial charge in [0.2, 0.25) is 8.32 Å². The van der Waals surface area contributed by atoms with Crippen molar-refractivity contribution in [2.45, 2.75) is 45.5 Å². The maximum Gasteiger partial charge on any atom is 0.338 e. The molecule has 2 aromatic carbocycles. The minimum atomic E-state index is -1.83. The Bertz CT molecular complexity index is 670. The molecule has 0 aliphatic carbocycles. The number of rotatable bonds is 5. The van der Waals surface area contributed by atoms with Crippen LogP contribution in [-0.4, -0.2) is 14.3 Å². The SMILES string of the molecule is CC(C)(C)[Si](C)(C)Oc1ccc(COC(=O)c2ccccc2)cc1. The number of ether oxygens (including phenoxy) is 1. The van der Waals surface area contributed by atoms with Crippen molar-refractivity contribution >= 4 is 14.3 Å². The van der Waals surface area contributed by atoms with Crippen LogP contribution >= 0.6 is 0 Å². The number of carbonyl (C=O) groups is 1. The van der Waals surface area contributed by atoms with Crippen LogP contribution in [-0.2, 0) is 11.3 Å². The van der Waals surface area contributed by atoms with E-state index in [1.54, 1.807) is 12.1 Å². The van der Waals surface area contributed by atoms with Crippen molar-refractivity contribution in [3.8, 4) is 5.75 Å². The maximum atomic E-state index is 11.9. The number of carbonyl (C=O) groups excluding carboxylic acids is 1. The highest BCUT2D eigenvalue weighted by atomic mass is 28.4. The molecule has 0 radical (unpaired) electrons. The summed E-state index contributed by atoms with van der Waals surface area (Å²) in [5.41, 5.74) is 1.51. The minimum Gasteiger partial charge on any atom is -0.544 e. The summed E-state index contributed by atoms with van der Waals surface area (Å²) in [6.45, 7) is 11.4. The third-order valence-corrected chi connectivity index (χ3v) is 8.84. The summed E-state index contributed by atoms with van der Waals surface area (Å²) in [7, 11) is -1.83. The average Bonchev–Trinajstić information content (AvgIpc) is 2.53. The molecule has 0 spiro atoms. The predicted octanol–water partition coefficient (Wildman–Crippen LogP) is 5.43. The Labute approximate surface area is 145 Å². The van der Waals surface area contributed by atoms with Gasteiger partial charge >= 0.3 is 5.97 Å². The van der Waals surface area contributed by atoms with Gasteiger partial charge in [0.15, 0.2) is 0 Å². The Kier molecular flexibility index (Phi) is 5.50. The van der Waals surface area contributed by atoms with E-state index in [4.69, 9.17) is 9.16 Å². The number of hydrogen-bond donors (Lipinski definition) is 0. The van der Waals surface area contributed by atoms with Gasteiger partial charge in [0.1, 0.15) is 12.4 Å². The van der Waals surface area contributed by atoms with Crippen molar-refractivity contribution in [1.82, 2.24) is 0 Å². The highest BCUT2D eigenvalue weighted by Crippen LogP contribution is 2.37. The van der Waals surface area contributed by atoms with Gasteiger partial charge in [-0.05, 0) is 48.0 Å². The molecule has 0 atom stereocenters. The molecule has 0 aromatic heterocycles. The number of hydrogen-bond acceptors (Lipinski definition) is 3. The Morgan fingerprint density at radius 3 is 2.08 bits per heavy atom. The lowest BCUT2D eigenvalue weighted by Gasteiger charge is -2.36. The predicted molar refractivity (Wildman–Crippen MR) is 99.8 cm³/mol. The Hall–Kier alpha value is -2.07. The van der Waals surface area contributed by atoms with Crippen molar-refractivity contribution in [3.63, 3.8) is 0 Å². The topological polar surface area (TPSA) is 35.5 Å². The highest BCUT2D eigenvalue weighted by molar-refractivity contribution is 6.74. The van der Waals surface area contributed by atoms with Gasteiger partial charge in [0.05, 0.1) is 5.56 Å². The summed E-state index contributed by atoms with van der Waals surface area (Å²) in [4.78, 5) is 11.9. The van der Waals surface area contributed by atoms with Gasteiger partial charge in [-0.3, -0.25) is 0 Å². The molecule has 0 saturated carbocycles. The molecule has 0 aliphatic rings. The molecule has 3 nitrogen and oxygen atoms in total. The smallest absolute Gasteiger partial charge is 0.338 e. The van der Waals surface area contributed by atoms with Crippen molar-refractivity contribution in [3.05, 3.63) is 65.7 Å². The fourth-order valence-electron chi connectivity index (χ4n) is 1.91. The summed E-state index contributed by atoms with van der Waals surface area (Å²) in [6.07, 6.45) is 0. The average molecular weight is 343 g/mol. The van der Waals surface area contributed by atoms with Gasteiger partial charge < -0.3 is 9.16 Å². The fourth-order valence-corrected chi connectivity index (χ4v) is 2.94. The zero-order valence-corrected chi connectivity index (χ0v) is 16.1. The summed E-state index contributed by atoms with van der Waals surface area (Å²) in [5.74, 6) is 0.567. The molecule has 0 fully saturated rings. The summed E-state index contributed by atoms with van der Waals surface area (Å²) < 4.78 is 11.6. The first-order valence-electron chi connectivity index (χ1n) is 8.19. The van der Waals surface area contributed by atoms with E-state index in [-0.39, 0.29) is 17.6 Å². The first kappa shape index (κ1) is 18.3. The van der Waals surface area contributed by atoms with Gasteiger partial charge in [0.25, 0.3) is 0 Å². The zero-order valence-electron chi connectivity index (χ0n) is 15.1. The number of benzene rings is 2. The normalized spacial score (nSPS) is 11.9. The largest absolute Gasteiger partial charge is 0.544 e. The quantitative estimate of drug-likeness (QED) is 0.537. The number of esters is 1. The van der Waals surface area contributed by atoms with E-state index < -0.39 is 8.32 Å². The van der Waals surface area contributed by atoms with Crippen LogP contribution in [0.15, 0.2) is 54.6 Å². The molecule has 128 valence electrons. The zero-order chi connectivity index (χ0) is 17.8. The van der Waals surface area contributed by atoms with Crippen molar-refractivity contribution in [1.29, 1.82) is 0 Å². The highest BCUT2D eigenvalue weighted by Gasteiger charge is 2.38. The third-order valence-electron chi connectivity index (χ3n) is 4.48. The lowest BCUT2D eigenvalue weighted by atomic mass is 10.2.